The fourth-order valence-electron chi connectivity index (χ4n) is 5.61. The molecule has 0 saturated carbocycles. The lowest BCUT2D eigenvalue weighted by atomic mass is 9.95. The molecular formula is C36H35ClN2O9S. The second-order valence-corrected chi connectivity index (χ2v) is 12.8. The van der Waals surface area contributed by atoms with Crippen molar-refractivity contribution in [3.05, 3.63) is 101 Å². The van der Waals surface area contributed by atoms with Gasteiger partial charge in [0.2, 0.25) is 6.79 Å². The normalized spacial score (nSPS) is 15.2. The standard InChI is InChI=1S/C36H35ClN2O9S/c1-7-44-35(41)31-20(4)38-36-39(32(31)23-9-11-26(48-19(2)3)27(16-23)42-5)34(40)30(49-36)15-22-12-24(37)33(29(14-22)43-6)45-17-21-8-10-25-28(13-21)47-18-46-25/h8-16,19,32H,7,17-18H2,1-6H3/b30-15-/t32-/m1/s1. The van der Waals surface area contributed by atoms with E-state index in [0.29, 0.717) is 65.7 Å². The molecule has 49 heavy (non-hydrogen) atoms. The van der Waals surface area contributed by atoms with Gasteiger partial charge in [0.25, 0.3) is 5.56 Å². The lowest BCUT2D eigenvalue weighted by molar-refractivity contribution is -0.139. The van der Waals surface area contributed by atoms with Crippen LogP contribution < -0.4 is 43.3 Å². The molecule has 1 atom stereocenters. The number of allylic oxidation sites excluding steroid dienone is 1. The minimum Gasteiger partial charge on any atom is -0.493 e. The number of rotatable bonds is 11. The molecule has 0 spiro atoms. The SMILES string of the molecule is CCOC(=O)C1=C(C)N=c2s/c(=C\c3cc(Cl)c(OCc4ccc5c(c4)OCO5)c(OC)c3)c(=O)n2[C@@H]1c1ccc(OC(C)C)c(OC)c1. The molecule has 13 heteroatoms. The van der Waals surface area contributed by atoms with E-state index in [1.807, 2.05) is 38.1 Å². The molecule has 0 amide bonds. The van der Waals surface area contributed by atoms with Crippen LogP contribution in [0.15, 0.2) is 69.6 Å². The Labute approximate surface area is 291 Å². The Morgan fingerprint density at radius 3 is 2.57 bits per heavy atom. The van der Waals surface area contributed by atoms with Gasteiger partial charge >= 0.3 is 5.97 Å². The molecule has 1 aromatic heterocycles. The van der Waals surface area contributed by atoms with E-state index in [1.54, 1.807) is 44.2 Å². The molecule has 0 radical (unpaired) electrons. The summed E-state index contributed by atoms with van der Waals surface area (Å²) in [7, 11) is 3.06. The highest BCUT2D eigenvalue weighted by Gasteiger charge is 2.34. The van der Waals surface area contributed by atoms with Gasteiger partial charge in [-0.25, -0.2) is 9.79 Å². The number of carbonyl (C=O) groups excluding carboxylic acids is 1. The van der Waals surface area contributed by atoms with Crippen LogP contribution in [0.1, 0.15) is 50.4 Å². The van der Waals surface area contributed by atoms with E-state index in [4.69, 9.17) is 44.8 Å². The van der Waals surface area contributed by atoms with Crippen LogP contribution in [0.4, 0.5) is 0 Å². The van der Waals surface area contributed by atoms with Gasteiger partial charge in [-0.2, -0.15) is 0 Å². The number of benzene rings is 3. The van der Waals surface area contributed by atoms with Crippen molar-refractivity contribution < 1.29 is 38.0 Å². The second kappa shape index (κ2) is 14.3. The first-order valence-corrected chi connectivity index (χ1v) is 16.7. The molecule has 11 nitrogen and oxygen atoms in total. The summed E-state index contributed by atoms with van der Waals surface area (Å²) in [5, 5.41) is 0.299. The molecule has 3 aromatic carbocycles. The van der Waals surface area contributed by atoms with Crippen molar-refractivity contribution in [3.8, 4) is 34.5 Å². The third-order valence-electron chi connectivity index (χ3n) is 7.75. The number of thiazole rings is 1. The topological polar surface area (TPSA) is 116 Å². The Morgan fingerprint density at radius 2 is 1.84 bits per heavy atom. The maximum Gasteiger partial charge on any atom is 0.338 e. The average molecular weight is 707 g/mol. The van der Waals surface area contributed by atoms with Crippen molar-refractivity contribution >= 4 is 35.0 Å². The molecule has 0 N–H and O–H groups in total. The number of methoxy groups -OCH3 is 2. The van der Waals surface area contributed by atoms with Gasteiger partial charge in [-0.15, -0.1) is 0 Å². The van der Waals surface area contributed by atoms with Crippen molar-refractivity contribution in [2.45, 2.75) is 46.4 Å². The molecule has 0 saturated heterocycles. The Kier molecular flexibility index (Phi) is 9.89. The van der Waals surface area contributed by atoms with Crippen LogP contribution in [-0.2, 0) is 16.1 Å². The lowest BCUT2D eigenvalue weighted by Crippen LogP contribution is -2.40. The molecule has 4 aromatic rings. The first-order valence-electron chi connectivity index (χ1n) is 15.5. The minimum absolute atomic E-state index is 0.0857. The van der Waals surface area contributed by atoms with E-state index in [9.17, 15) is 9.59 Å². The molecule has 6 rings (SSSR count). The summed E-state index contributed by atoms with van der Waals surface area (Å²) in [5.74, 6) is 2.53. The quantitative estimate of drug-likeness (QED) is 0.185. The van der Waals surface area contributed by atoms with Crippen LogP contribution in [0.2, 0.25) is 5.02 Å². The molecule has 3 heterocycles. The molecule has 2 aliphatic heterocycles. The number of hydrogen-bond donors (Lipinski definition) is 0. The van der Waals surface area contributed by atoms with Gasteiger partial charge in [0.1, 0.15) is 6.61 Å². The van der Waals surface area contributed by atoms with E-state index in [1.165, 1.54) is 30.1 Å². The number of esters is 1. The Hall–Kier alpha value is -4.94. The highest BCUT2D eigenvalue weighted by molar-refractivity contribution is 7.07. The van der Waals surface area contributed by atoms with Gasteiger partial charge in [0.05, 0.1) is 53.8 Å². The number of hydrogen-bond acceptors (Lipinski definition) is 11. The molecule has 256 valence electrons. The number of ether oxygens (including phenoxy) is 7. The van der Waals surface area contributed by atoms with Gasteiger partial charge in [-0.3, -0.25) is 9.36 Å². The predicted octanol–water partition coefficient (Wildman–Crippen LogP) is 5.56. The maximum absolute atomic E-state index is 14.2. The summed E-state index contributed by atoms with van der Waals surface area (Å²) in [6, 6.07) is 13.5. The zero-order valence-corrected chi connectivity index (χ0v) is 29.4. The summed E-state index contributed by atoms with van der Waals surface area (Å²) in [6.07, 6.45) is 1.62. The predicted molar refractivity (Wildman–Crippen MR) is 184 cm³/mol. The number of carbonyl (C=O) groups is 1. The number of halogens is 1. The first-order chi connectivity index (χ1) is 23.6. The van der Waals surface area contributed by atoms with E-state index < -0.39 is 12.0 Å². The smallest absolute Gasteiger partial charge is 0.338 e. The molecule has 0 bridgehead atoms. The van der Waals surface area contributed by atoms with E-state index in [0.717, 1.165) is 5.56 Å². The number of nitrogens with zero attached hydrogens (tertiary/aromatic N) is 2. The van der Waals surface area contributed by atoms with E-state index in [-0.39, 0.29) is 37.2 Å². The number of aromatic nitrogens is 1. The molecule has 2 aliphatic rings. The van der Waals surface area contributed by atoms with Crippen molar-refractivity contribution in [1.29, 1.82) is 0 Å². The van der Waals surface area contributed by atoms with Crippen LogP contribution in [-0.4, -0.2) is 44.3 Å². The molecule has 0 fully saturated rings. The van der Waals surface area contributed by atoms with Gasteiger partial charge in [0.15, 0.2) is 39.3 Å². The summed E-state index contributed by atoms with van der Waals surface area (Å²) in [4.78, 5) is 32.6. The Balaban J connectivity index is 1.39. The van der Waals surface area contributed by atoms with Crippen LogP contribution in [0.3, 0.4) is 0 Å². The average Bonchev–Trinajstić information content (AvgIpc) is 3.66. The third kappa shape index (κ3) is 6.83. The van der Waals surface area contributed by atoms with Gasteiger partial charge in [-0.05, 0) is 86.9 Å². The van der Waals surface area contributed by atoms with Crippen molar-refractivity contribution in [1.82, 2.24) is 4.57 Å². The van der Waals surface area contributed by atoms with Gasteiger partial charge in [0, 0.05) is 0 Å². The van der Waals surface area contributed by atoms with Gasteiger partial charge < -0.3 is 33.2 Å². The van der Waals surface area contributed by atoms with Crippen LogP contribution >= 0.6 is 22.9 Å². The molecular weight excluding hydrogens is 672 g/mol. The number of fused-ring (bicyclic) bond motifs is 2. The largest absolute Gasteiger partial charge is 0.493 e. The fraction of sp³-hybridized carbons (Fsp3) is 0.306. The highest BCUT2D eigenvalue weighted by Crippen LogP contribution is 2.39. The minimum atomic E-state index is -0.829. The van der Waals surface area contributed by atoms with E-state index >= 15 is 0 Å². The van der Waals surface area contributed by atoms with Crippen molar-refractivity contribution in [2.24, 2.45) is 4.99 Å². The third-order valence-corrected chi connectivity index (χ3v) is 9.02. The monoisotopic (exact) mass is 706 g/mol. The summed E-state index contributed by atoms with van der Waals surface area (Å²) < 4.78 is 41.4. The van der Waals surface area contributed by atoms with Crippen LogP contribution in [0, 0.1) is 0 Å². The van der Waals surface area contributed by atoms with Crippen LogP contribution in [0.25, 0.3) is 6.08 Å². The zero-order chi connectivity index (χ0) is 34.8. The van der Waals surface area contributed by atoms with E-state index in [2.05, 4.69) is 4.99 Å². The zero-order valence-electron chi connectivity index (χ0n) is 27.8. The fourth-order valence-corrected chi connectivity index (χ4v) is 6.93. The lowest BCUT2D eigenvalue weighted by Gasteiger charge is -2.25. The first kappa shape index (κ1) is 33.9. The Bertz CT molecular complexity index is 2140. The second-order valence-electron chi connectivity index (χ2n) is 11.4. The maximum atomic E-state index is 14.2. The van der Waals surface area contributed by atoms with Gasteiger partial charge in [-0.1, -0.05) is 35.1 Å². The Morgan fingerprint density at radius 1 is 1.06 bits per heavy atom. The summed E-state index contributed by atoms with van der Waals surface area (Å²) in [6.45, 7) is 7.85. The van der Waals surface area contributed by atoms with Crippen molar-refractivity contribution in [3.63, 3.8) is 0 Å². The molecule has 0 aliphatic carbocycles. The van der Waals surface area contributed by atoms with Crippen LogP contribution in [0.5, 0.6) is 34.5 Å². The summed E-state index contributed by atoms with van der Waals surface area (Å²) in [5.41, 5.74) is 2.46. The van der Waals surface area contributed by atoms with Crippen molar-refractivity contribution in [2.75, 3.05) is 27.6 Å². The highest BCUT2D eigenvalue weighted by atomic mass is 35.5. The summed E-state index contributed by atoms with van der Waals surface area (Å²) >= 11 is 7.91. The molecule has 0 unspecified atom stereocenters.